The summed E-state index contributed by atoms with van der Waals surface area (Å²) in [5, 5.41) is 7.52. The topological polar surface area (TPSA) is 67.6 Å². The Labute approximate surface area is 189 Å². The normalized spacial score (nSPS) is 15.5. The Morgan fingerprint density at radius 1 is 1.19 bits per heavy atom. The highest BCUT2D eigenvalue weighted by atomic mass is 32.2. The number of thiophene rings is 1. The molecule has 2 aliphatic rings. The summed E-state index contributed by atoms with van der Waals surface area (Å²) in [7, 11) is 0. The van der Waals surface area contributed by atoms with Crippen LogP contribution in [-0.2, 0) is 24.2 Å². The maximum atomic E-state index is 13.3. The fraction of sp³-hybridized carbons (Fsp3) is 0.391. The van der Waals surface area contributed by atoms with Gasteiger partial charge in [-0.1, -0.05) is 49.0 Å². The zero-order chi connectivity index (χ0) is 21.4. The van der Waals surface area contributed by atoms with Crippen LogP contribution in [0.5, 0.6) is 0 Å². The first-order chi connectivity index (χ1) is 15.2. The van der Waals surface area contributed by atoms with Crippen LogP contribution in [0.15, 0.2) is 45.4 Å². The van der Waals surface area contributed by atoms with E-state index in [2.05, 4.69) is 12.0 Å². The van der Waals surface area contributed by atoms with Gasteiger partial charge in [-0.25, -0.2) is 9.99 Å². The molecule has 6 nitrogen and oxygen atoms in total. The second-order valence-corrected chi connectivity index (χ2v) is 9.88. The van der Waals surface area contributed by atoms with Crippen molar-refractivity contribution < 1.29 is 4.79 Å². The standard InChI is InChI=1S/C23H24N4O2S2/c1-2-12-26-22(29)20-16-9-6-10-18(16)31-21(20)24-23(26)30-14-19(28)27-13-11-17(25-27)15-7-4-3-5-8-15/h3-5,7-8H,2,6,9-14H2,1H3. The molecule has 31 heavy (non-hydrogen) atoms. The molecule has 2 aromatic heterocycles. The molecule has 3 heterocycles. The zero-order valence-electron chi connectivity index (χ0n) is 17.5. The number of thioether (sulfide) groups is 1. The van der Waals surface area contributed by atoms with Crippen LogP contribution < -0.4 is 5.56 Å². The third-order valence-electron chi connectivity index (χ3n) is 5.76. The summed E-state index contributed by atoms with van der Waals surface area (Å²) in [5.41, 5.74) is 3.25. The summed E-state index contributed by atoms with van der Waals surface area (Å²) in [6.45, 7) is 3.26. The molecule has 0 atom stereocenters. The Morgan fingerprint density at radius 2 is 2.03 bits per heavy atom. The van der Waals surface area contributed by atoms with Crippen LogP contribution in [0, 0.1) is 0 Å². The molecule has 0 saturated heterocycles. The minimum atomic E-state index is -0.0537. The number of aromatic nitrogens is 2. The summed E-state index contributed by atoms with van der Waals surface area (Å²) in [6.07, 6.45) is 4.74. The van der Waals surface area contributed by atoms with Gasteiger partial charge in [0.2, 0.25) is 0 Å². The van der Waals surface area contributed by atoms with E-state index < -0.39 is 0 Å². The highest BCUT2D eigenvalue weighted by Gasteiger charge is 2.25. The molecule has 0 N–H and O–H groups in total. The molecule has 8 heteroatoms. The number of benzene rings is 1. The summed E-state index contributed by atoms with van der Waals surface area (Å²) in [5.74, 6) is 0.167. The average Bonchev–Trinajstić information content (AvgIpc) is 3.51. The molecular formula is C23H24N4O2S2. The predicted molar refractivity (Wildman–Crippen MR) is 126 cm³/mol. The average molecular weight is 453 g/mol. The Kier molecular flexibility index (Phi) is 5.67. The van der Waals surface area contributed by atoms with E-state index in [4.69, 9.17) is 4.98 Å². The molecule has 5 rings (SSSR count). The predicted octanol–water partition coefficient (Wildman–Crippen LogP) is 4.09. The summed E-state index contributed by atoms with van der Waals surface area (Å²) in [6, 6.07) is 9.96. The van der Waals surface area contributed by atoms with Crippen LogP contribution in [0.3, 0.4) is 0 Å². The smallest absolute Gasteiger partial charge is 0.263 e. The first kappa shape index (κ1) is 20.5. The molecule has 0 bridgehead atoms. The zero-order valence-corrected chi connectivity index (χ0v) is 19.1. The van der Waals surface area contributed by atoms with E-state index in [1.54, 1.807) is 20.9 Å². The monoisotopic (exact) mass is 452 g/mol. The van der Waals surface area contributed by atoms with Gasteiger partial charge in [0, 0.05) is 17.8 Å². The number of carbonyl (C=O) groups excluding carboxylic acids is 1. The van der Waals surface area contributed by atoms with Crippen molar-refractivity contribution in [1.29, 1.82) is 0 Å². The van der Waals surface area contributed by atoms with E-state index in [9.17, 15) is 9.59 Å². The summed E-state index contributed by atoms with van der Waals surface area (Å²) < 4.78 is 1.76. The highest BCUT2D eigenvalue weighted by Crippen LogP contribution is 2.35. The number of nitrogens with zero attached hydrogens (tertiary/aromatic N) is 4. The number of rotatable bonds is 6. The van der Waals surface area contributed by atoms with Crippen molar-refractivity contribution >= 4 is 44.9 Å². The molecule has 1 aliphatic carbocycles. The second kappa shape index (κ2) is 8.59. The van der Waals surface area contributed by atoms with Crippen molar-refractivity contribution in [3.8, 4) is 0 Å². The van der Waals surface area contributed by atoms with Gasteiger partial charge >= 0.3 is 0 Å². The SMILES string of the molecule is CCCn1c(SCC(=O)N2CCC(c3ccccc3)=N2)nc2sc3c(c2c1=O)CCC3. The number of aryl methyl sites for hydroxylation is 2. The first-order valence-corrected chi connectivity index (χ1v) is 12.6. The molecule has 3 aromatic rings. The third kappa shape index (κ3) is 3.83. The van der Waals surface area contributed by atoms with E-state index in [-0.39, 0.29) is 17.2 Å². The van der Waals surface area contributed by atoms with E-state index in [1.165, 1.54) is 22.2 Å². The van der Waals surface area contributed by atoms with Crippen LogP contribution in [0.25, 0.3) is 10.2 Å². The van der Waals surface area contributed by atoms with Crippen LogP contribution in [0.2, 0.25) is 0 Å². The molecule has 0 fully saturated rings. The van der Waals surface area contributed by atoms with Crippen molar-refractivity contribution in [3.05, 3.63) is 56.7 Å². The van der Waals surface area contributed by atoms with Crippen LogP contribution in [0.4, 0.5) is 0 Å². The number of hydrogen-bond donors (Lipinski definition) is 0. The minimum Gasteiger partial charge on any atom is -0.287 e. The summed E-state index contributed by atoms with van der Waals surface area (Å²) >= 11 is 2.99. The van der Waals surface area contributed by atoms with Gasteiger partial charge in [0.05, 0.1) is 23.4 Å². The molecule has 0 spiro atoms. The maximum absolute atomic E-state index is 13.3. The molecule has 0 unspecified atom stereocenters. The van der Waals surface area contributed by atoms with E-state index in [1.807, 2.05) is 30.3 Å². The van der Waals surface area contributed by atoms with Gasteiger partial charge in [-0.2, -0.15) is 5.10 Å². The fourth-order valence-electron chi connectivity index (χ4n) is 4.26. The lowest BCUT2D eigenvalue weighted by molar-refractivity contribution is -0.127. The number of carbonyl (C=O) groups is 1. The summed E-state index contributed by atoms with van der Waals surface area (Å²) in [4.78, 5) is 33.0. The van der Waals surface area contributed by atoms with E-state index >= 15 is 0 Å². The van der Waals surface area contributed by atoms with Gasteiger partial charge in [0.1, 0.15) is 4.83 Å². The molecular weight excluding hydrogens is 428 g/mol. The quantitative estimate of drug-likeness (QED) is 0.417. The van der Waals surface area contributed by atoms with E-state index in [0.29, 0.717) is 18.2 Å². The lowest BCUT2D eigenvalue weighted by Gasteiger charge is -2.13. The first-order valence-electron chi connectivity index (χ1n) is 10.8. The van der Waals surface area contributed by atoms with Gasteiger partial charge in [0.15, 0.2) is 5.16 Å². The van der Waals surface area contributed by atoms with Crippen LogP contribution in [0.1, 0.15) is 42.2 Å². The van der Waals surface area contributed by atoms with E-state index in [0.717, 1.165) is 53.6 Å². The Hall–Kier alpha value is -2.45. The molecule has 1 amide bonds. The Balaban J connectivity index is 1.37. The fourth-order valence-corrected chi connectivity index (χ4v) is 6.46. The molecule has 0 radical (unpaired) electrons. The Morgan fingerprint density at radius 3 is 2.84 bits per heavy atom. The lowest BCUT2D eigenvalue weighted by Crippen LogP contribution is -2.27. The van der Waals surface area contributed by atoms with Crippen LogP contribution in [-0.4, -0.2) is 38.5 Å². The third-order valence-corrected chi connectivity index (χ3v) is 7.91. The molecule has 0 saturated carbocycles. The van der Waals surface area contributed by atoms with Crippen molar-refractivity contribution in [3.63, 3.8) is 0 Å². The van der Waals surface area contributed by atoms with Gasteiger partial charge in [-0.15, -0.1) is 11.3 Å². The van der Waals surface area contributed by atoms with Crippen molar-refractivity contribution in [2.45, 2.75) is 50.7 Å². The van der Waals surface area contributed by atoms with Gasteiger partial charge < -0.3 is 0 Å². The molecule has 1 aromatic carbocycles. The largest absolute Gasteiger partial charge is 0.287 e. The van der Waals surface area contributed by atoms with Gasteiger partial charge in [0.25, 0.3) is 11.5 Å². The number of amides is 1. The number of hydrazone groups is 1. The lowest BCUT2D eigenvalue weighted by atomic mass is 10.1. The van der Waals surface area contributed by atoms with Crippen molar-refractivity contribution in [1.82, 2.24) is 14.6 Å². The minimum absolute atomic E-state index is 0.0479. The van der Waals surface area contributed by atoms with Gasteiger partial charge in [-0.3, -0.25) is 14.2 Å². The number of hydrogen-bond acceptors (Lipinski definition) is 6. The molecule has 1 aliphatic heterocycles. The maximum Gasteiger partial charge on any atom is 0.263 e. The number of fused-ring (bicyclic) bond motifs is 3. The molecule has 160 valence electrons. The van der Waals surface area contributed by atoms with Crippen LogP contribution >= 0.6 is 23.1 Å². The van der Waals surface area contributed by atoms with Crippen molar-refractivity contribution in [2.24, 2.45) is 5.10 Å². The second-order valence-electron chi connectivity index (χ2n) is 7.86. The van der Waals surface area contributed by atoms with Crippen molar-refractivity contribution in [2.75, 3.05) is 12.3 Å². The van der Waals surface area contributed by atoms with Gasteiger partial charge in [-0.05, 0) is 36.8 Å². The highest BCUT2D eigenvalue weighted by molar-refractivity contribution is 7.99. The Bertz CT molecular complexity index is 1230.